The summed E-state index contributed by atoms with van der Waals surface area (Å²) >= 11 is 1.36. The van der Waals surface area contributed by atoms with Gasteiger partial charge < -0.3 is 5.41 Å². The second-order valence-corrected chi connectivity index (χ2v) is 1.68. The van der Waals surface area contributed by atoms with Gasteiger partial charge in [0.1, 0.15) is 0 Å². The fourth-order valence-electron chi connectivity index (χ4n) is 0.132. The van der Waals surface area contributed by atoms with Crippen LogP contribution in [0, 0.1) is 5.41 Å². The van der Waals surface area contributed by atoms with Crippen molar-refractivity contribution in [3.63, 3.8) is 0 Å². The predicted molar refractivity (Wildman–Crippen MR) is 35.4 cm³/mol. The van der Waals surface area contributed by atoms with Crippen LogP contribution in [-0.2, 0) is 0 Å². The average molecular weight is 116 g/mol. The van der Waals surface area contributed by atoms with Crippen LogP contribution in [0.15, 0.2) is 4.40 Å². The fourth-order valence-corrected chi connectivity index (χ4v) is 0.395. The third-order valence-electron chi connectivity index (χ3n) is 0.352. The molecule has 0 aromatic carbocycles. The summed E-state index contributed by atoms with van der Waals surface area (Å²) in [6.45, 7) is 1.69. The Morgan fingerprint density at radius 2 is 2.43 bits per heavy atom. The van der Waals surface area contributed by atoms with Gasteiger partial charge in [-0.15, -0.1) is 0 Å². The zero-order valence-electron chi connectivity index (χ0n) is 4.43. The minimum absolute atomic E-state index is 0.495. The molecule has 0 rings (SSSR count). The van der Waals surface area contributed by atoms with Crippen LogP contribution in [0.4, 0.5) is 0 Å². The molecule has 0 radical (unpaired) electrons. The molecule has 1 N–H and O–H groups in total. The van der Waals surface area contributed by atoms with Gasteiger partial charge in [0, 0.05) is 12.0 Å². The first kappa shape index (κ1) is 6.69. The lowest BCUT2D eigenvalue weighted by molar-refractivity contribution is 1.52. The van der Waals surface area contributed by atoms with E-state index in [1.807, 2.05) is 6.26 Å². The molecule has 3 heteroatoms. The Balaban J connectivity index is 3.26. The van der Waals surface area contributed by atoms with Crippen LogP contribution in [0.1, 0.15) is 6.92 Å². The highest BCUT2D eigenvalue weighted by Gasteiger charge is 1.72. The van der Waals surface area contributed by atoms with E-state index in [4.69, 9.17) is 5.41 Å². The maximum Gasteiger partial charge on any atom is 0.0556 e. The van der Waals surface area contributed by atoms with Crippen molar-refractivity contribution in [3.05, 3.63) is 0 Å². The van der Waals surface area contributed by atoms with E-state index in [1.54, 1.807) is 6.92 Å². The standard InChI is InChI=1S/C4H8N2S/c1-4(5)3-6-7-2/h3,5H,1-2H3/b5-4?,6-3-. The van der Waals surface area contributed by atoms with Crippen LogP contribution in [0.5, 0.6) is 0 Å². The van der Waals surface area contributed by atoms with Gasteiger partial charge >= 0.3 is 0 Å². The Kier molecular flexibility index (Phi) is 3.69. The summed E-state index contributed by atoms with van der Waals surface area (Å²) in [5.41, 5.74) is 0.495. The van der Waals surface area contributed by atoms with Crippen molar-refractivity contribution in [2.45, 2.75) is 6.92 Å². The van der Waals surface area contributed by atoms with Gasteiger partial charge in [0.05, 0.1) is 6.21 Å². The molecular formula is C4H8N2S. The molecule has 0 saturated heterocycles. The van der Waals surface area contributed by atoms with E-state index >= 15 is 0 Å². The van der Waals surface area contributed by atoms with E-state index < -0.39 is 0 Å². The highest BCUT2D eigenvalue weighted by atomic mass is 32.2. The molecule has 0 aliphatic heterocycles. The van der Waals surface area contributed by atoms with Gasteiger partial charge in [0.15, 0.2) is 0 Å². The van der Waals surface area contributed by atoms with Crippen molar-refractivity contribution in [1.29, 1.82) is 5.41 Å². The van der Waals surface area contributed by atoms with Gasteiger partial charge in [-0.2, -0.15) is 0 Å². The zero-order valence-corrected chi connectivity index (χ0v) is 5.25. The van der Waals surface area contributed by atoms with Crippen LogP contribution in [0.3, 0.4) is 0 Å². The lowest BCUT2D eigenvalue weighted by Gasteiger charge is -1.77. The Morgan fingerprint density at radius 1 is 1.86 bits per heavy atom. The third kappa shape index (κ3) is 5.69. The average Bonchev–Trinajstić information content (AvgIpc) is 1.61. The number of nitrogens with zero attached hydrogens (tertiary/aromatic N) is 1. The molecule has 0 spiro atoms. The van der Waals surface area contributed by atoms with E-state index in [1.165, 1.54) is 18.2 Å². The summed E-state index contributed by atoms with van der Waals surface area (Å²) in [7, 11) is 0. The number of hydrogen-bond donors (Lipinski definition) is 1. The van der Waals surface area contributed by atoms with Crippen molar-refractivity contribution in [2.75, 3.05) is 6.26 Å². The van der Waals surface area contributed by atoms with Crippen molar-refractivity contribution < 1.29 is 0 Å². The Morgan fingerprint density at radius 3 is 2.57 bits per heavy atom. The lowest BCUT2D eigenvalue weighted by Crippen LogP contribution is -1.85. The fraction of sp³-hybridized carbons (Fsp3) is 0.500. The summed E-state index contributed by atoms with van der Waals surface area (Å²) < 4.78 is 3.74. The van der Waals surface area contributed by atoms with Crippen molar-refractivity contribution >= 4 is 23.9 Å². The van der Waals surface area contributed by atoms with Crippen LogP contribution in [0.25, 0.3) is 0 Å². The molecule has 7 heavy (non-hydrogen) atoms. The molecule has 0 saturated carbocycles. The largest absolute Gasteiger partial charge is 0.304 e. The first-order valence-electron chi connectivity index (χ1n) is 1.89. The summed E-state index contributed by atoms with van der Waals surface area (Å²) in [6, 6.07) is 0. The molecule has 0 atom stereocenters. The van der Waals surface area contributed by atoms with Gasteiger partial charge in [0.25, 0.3) is 0 Å². The second-order valence-electron chi connectivity index (χ2n) is 1.10. The molecule has 0 aromatic heterocycles. The van der Waals surface area contributed by atoms with Crippen molar-refractivity contribution in [2.24, 2.45) is 4.40 Å². The second kappa shape index (κ2) is 3.87. The third-order valence-corrected chi connectivity index (χ3v) is 0.668. The first-order valence-corrected chi connectivity index (χ1v) is 3.07. The number of nitrogens with one attached hydrogen (secondary N) is 1. The van der Waals surface area contributed by atoms with E-state index in [-0.39, 0.29) is 0 Å². The topological polar surface area (TPSA) is 36.2 Å². The molecule has 0 bridgehead atoms. The highest BCUT2D eigenvalue weighted by molar-refractivity contribution is 7.97. The van der Waals surface area contributed by atoms with Gasteiger partial charge in [-0.05, 0) is 18.9 Å². The number of rotatable bonds is 2. The van der Waals surface area contributed by atoms with Gasteiger partial charge in [-0.3, -0.25) is 0 Å². The van der Waals surface area contributed by atoms with Crippen molar-refractivity contribution in [1.82, 2.24) is 0 Å². The molecule has 0 aliphatic carbocycles. The van der Waals surface area contributed by atoms with E-state index in [0.29, 0.717) is 5.71 Å². The summed E-state index contributed by atoms with van der Waals surface area (Å²) in [5.74, 6) is 0. The Labute approximate surface area is 47.7 Å². The van der Waals surface area contributed by atoms with Crippen LogP contribution >= 0.6 is 11.9 Å². The normalized spacial score (nSPS) is 10.0. The molecular weight excluding hydrogens is 108 g/mol. The zero-order chi connectivity index (χ0) is 5.70. The molecule has 0 amide bonds. The van der Waals surface area contributed by atoms with E-state index in [0.717, 1.165) is 0 Å². The van der Waals surface area contributed by atoms with Gasteiger partial charge in [0.2, 0.25) is 0 Å². The maximum atomic E-state index is 6.84. The Hall–Kier alpha value is -0.310. The molecule has 2 nitrogen and oxygen atoms in total. The number of hydrogen-bond acceptors (Lipinski definition) is 3. The molecule has 0 heterocycles. The highest BCUT2D eigenvalue weighted by Crippen LogP contribution is 1.88. The smallest absolute Gasteiger partial charge is 0.0556 e. The van der Waals surface area contributed by atoms with E-state index in [2.05, 4.69) is 4.40 Å². The molecule has 0 fully saturated rings. The van der Waals surface area contributed by atoms with Crippen molar-refractivity contribution in [3.8, 4) is 0 Å². The van der Waals surface area contributed by atoms with Gasteiger partial charge in [-0.25, -0.2) is 4.40 Å². The summed E-state index contributed by atoms with van der Waals surface area (Å²) in [5, 5.41) is 6.84. The Bertz CT molecular complexity index is 87.7. The quantitative estimate of drug-likeness (QED) is 0.429. The minimum Gasteiger partial charge on any atom is -0.304 e. The molecule has 40 valence electrons. The SMILES string of the molecule is CS/N=C\C(C)=N. The van der Waals surface area contributed by atoms with Gasteiger partial charge in [-0.1, -0.05) is 0 Å². The first-order chi connectivity index (χ1) is 3.27. The lowest BCUT2D eigenvalue weighted by atomic mass is 10.5. The minimum atomic E-state index is 0.495. The maximum absolute atomic E-state index is 6.84. The monoisotopic (exact) mass is 116 g/mol. The van der Waals surface area contributed by atoms with Crippen LogP contribution in [0.2, 0.25) is 0 Å². The van der Waals surface area contributed by atoms with E-state index in [9.17, 15) is 0 Å². The summed E-state index contributed by atoms with van der Waals surface area (Å²) in [6.07, 6.45) is 3.38. The predicted octanol–water partition coefficient (Wildman–Crippen LogP) is 1.37. The molecule has 0 unspecified atom stereocenters. The summed E-state index contributed by atoms with van der Waals surface area (Å²) in [4.78, 5) is 0. The van der Waals surface area contributed by atoms with Crippen LogP contribution < -0.4 is 0 Å². The molecule has 0 aliphatic rings. The van der Waals surface area contributed by atoms with Crippen LogP contribution in [-0.4, -0.2) is 18.2 Å². The molecule has 0 aromatic rings.